The van der Waals surface area contributed by atoms with E-state index in [0.717, 1.165) is 12.8 Å². The second kappa shape index (κ2) is 6.25. The lowest BCUT2D eigenvalue weighted by Crippen LogP contribution is -2.46. The summed E-state index contributed by atoms with van der Waals surface area (Å²) >= 11 is 0. The zero-order chi connectivity index (χ0) is 11.1. The molecule has 1 aliphatic heterocycles. The minimum atomic E-state index is -0.201. The Bertz CT molecular complexity index is 244. The Labute approximate surface area is 89.8 Å². The van der Waals surface area contributed by atoms with Crippen LogP contribution in [0.5, 0.6) is 0 Å². The summed E-state index contributed by atoms with van der Waals surface area (Å²) in [6.07, 6.45) is 1.98. The normalized spacial score (nSPS) is 21.7. The fraction of sp³-hybridized carbons (Fsp3) is 0.800. The summed E-state index contributed by atoms with van der Waals surface area (Å²) in [5.41, 5.74) is 0. The molecule has 84 valence electrons. The Morgan fingerprint density at radius 2 is 2.53 bits per heavy atom. The highest BCUT2D eigenvalue weighted by Gasteiger charge is 2.18. The summed E-state index contributed by atoms with van der Waals surface area (Å²) in [5, 5.41) is 14.1. The Hall–Kier alpha value is -1.28. The Kier molecular flexibility index (Phi) is 4.91. The van der Waals surface area contributed by atoms with Gasteiger partial charge in [-0.15, -0.1) is 0 Å². The predicted octanol–water partition coefficient (Wildman–Crippen LogP) is 0.767. The maximum atomic E-state index is 11.5. The molecule has 0 aromatic heterocycles. The first kappa shape index (κ1) is 11.8. The van der Waals surface area contributed by atoms with Crippen LogP contribution in [0.25, 0.3) is 0 Å². The van der Waals surface area contributed by atoms with E-state index in [1.807, 2.05) is 6.92 Å². The van der Waals surface area contributed by atoms with Gasteiger partial charge < -0.3 is 15.4 Å². The standard InChI is InChI=1S/C10H17N3O2/c1-2-8(3-5-11)12-10(14)13-9-4-6-15-7-9/h8-9H,2-4,6-7H2,1H3,(H2,12,13,14). The van der Waals surface area contributed by atoms with Crippen LogP contribution in [-0.2, 0) is 4.74 Å². The number of nitriles is 1. The van der Waals surface area contributed by atoms with Gasteiger partial charge in [-0.2, -0.15) is 5.26 Å². The van der Waals surface area contributed by atoms with Gasteiger partial charge in [0.15, 0.2) is 0 Å². The first-order valence-corrected chi connectivity index (χ1v) is 5.28. The van der Waals surface area contributed by atoms with Gasteiger partial charge in [0.25, 0.3) is 0 Å². The highest BCUT2D eigenvalue weighted by Crippen LogP contribution is 2.03. The van der Waals surface area contributed by atoms with E-state index < -0.39 is 0 Å². The second-order valence-electron chi connectivity index (χ2n) is 3.65. The lowest BCUT2D eigenvalue weighted by atomic mass is 10.2. The number of urea groups is 1. The van der Waals surface area contributed by atoms with Crippen molar-refractivity contribution in [1.82, 2.24) is 10.6 Å². The number of amides is 2. The summed E-state index contributed by atoms with van der Waals surface area (Å²) in [7, 11) is 0. The largest absolute Gasteiger partial charge is 0.379 e. The SMILES string of the molecule is CCC(CC#N)NC(=O)NC1CCOC1. The number of carbonyl (C=O) groups excluding carboxylic acids is 1. The minimum Gasteiger partial charge on any atom is -0.379 e. The van der Waals surface area contributed by atoms with Crippen molar-refractivity contribution in [2.24, 2.45) is 0 Å². The molecule has 2 amide bonds. The lowest BCUT2D eigenvalue weighted by molar-refractivity contribution is 0.188. The second-order valence-corrected chi connectivity index (χ2v) is 3.65. The molecule has 0 aliphatic carbocycles. The maximum absolute atomic E-state index is 11.5. The molecule has 0 aromatic carbocycles. The van der Waals surface area contributed by atoms with Crippen molar-refractivity contribution in [2.75, 3.05) is 13.2 Å². The molecule has 0 bridgehead atoms. The summed E-state index contributed by atoms with van der Waals surface area (Å²) in [4.78, 5) is 11.5. The molecule has 0 radical (unpaired) electrons. The number of ether oxygens (including phenoxy) is 1. The third kappa shape index (κ3) is 4.17. The maximum Gasteiger partial charge on any atom is 0.315 e. The Balaban J connectivity index is 2.24. The number of nitrogens with zero attached hydrogens (tertiary/aromatic N) is 1. The van der Waals surface area contributed by atoms with Crippen molar-refractivity contribution in [2.45, 2.75) is 38.3 Å². The van der Waals surface area contributed by atoms with Crippen LogP contribution in [0.1, 0.15) is 26.2 Å². The quantitative estimate of drug-likeness (QED) is 0.721. The van der Waals surface area contributed by atoms with Crippen molar-refractivity contribution in [3.8, 4) is 6.07 Å². The zero-order valence-electron chi connectivity index (χ0n) is 8.95. The number of nitrogens with one attached hydrogen (secondary N) is 2. The number of hydrogen-bond donors (Lipinski definition) is 2. The van der Waals surface area contributed by atoms with Crippen LogP contribution in [0, 0.1) is 11.3 Å². The lowest BCUT2D eigenvalue weighted by Gasteiger charge is -2.16. The molecule has 2 unspecified atom stereocenters. The van der Waals surface area contributed by atoms with Crippen molar-refractivity contribution >= 4 is 6.03 Å². The fourth-order valence-corrected chi connectivity index (χ4v) is 1.47. The molecule has 1 rings (SSSR count). The molecular formula is C10H17N3O2. The van der Waals surface area contributed by atoms with Gasteiger partial charge in [0.05, 0.1) is 25.1 Å². The van der Waals surface area contributed by atoms with Crippen molar-refractivity contribution < 1.29 is 9.53 Å². The molecule has 1 heterocycles. The van der Waals surface area contributed by atoms with Gasteiger partial charge >= 0.3 is 6.03 Å². The van der Waals surface area contributed by atoms with E-state index in [1.165, 1.54) is 0 Å². The van der Waals surface area contributed by atoms with E-state index in [2.05, 4.69) is 16.7 Å². The number of hydrogen-bond acceptors (Lipinski definition) is 3. The molecule has 15 heavy (non-hydrogen) atoms. The third-order valence-electron chi connectivity index (χ3n) is 2.43. The molecule has 1 fully saturated rings. The van der Waals surface area contributed by atoms with E-state index in [4.69, 9.17) is 10.00 Å². The zero-order valence-corrected chi connectivity index (χ0v) is 8.95. The molecule has 0 saturated carbocycles. The molecule has 5 nitrogen and oxygen atoms in total. The van der Waals surface area contributed by atoms with Gasteiger partial charge in [-0.3, -0.25) is 0 Å². The van der Waals surface area contributed by atoms with E-state index in [9.17, 15) is 4.79 Å². The topological polar surface area (TPSA) is 74.2 Å². The Morgan fingerprint density at radius 1 is 1.73 bits per heavy atom. The van der Waals surface area contributed by atoms with E-state index >= 15 is 0 Å². The van der Waals surface area contributed by atoms with Crippen molar-refractivity contribution in [1.29, 1.82) is 5.26 Å². The van der Waals surface area contributed by atoms with Crippen LogP contribution >= 0.6 is 0 Å². The van der Waals surface area contributed by atoms with E-state index in [1.54, 1.807) is 0 Å². The molecular weight excluding hydrogens is 194 g/mol. The third-order valence-corrected chi connectivity index (χ3v) is 2.43. The van der Waals surface area contributed by atoms with E-state index in [0.29, 0.717) is 19.6 Å². The average Bonchev–Trinajstić information content (AvgIpc) is 2.69. The van der Waals surface area contributed by atoms with Crippen molar-refractivity contribution in [3.05, 3.63) is 0 Å². The van der Waals surface area contributed by atoms with Crippen LogP contribution in [-0.4, -0.2) is 31.3 Å². The molecule has 5 heteroatoms. The van der Waals surface area contributed by atoms with Crippen LogP contribution in [0.4, 0.5) is 4.79 Å². The van der Waals surface area contributed by atoms with Gasteiger partial charge in [0, 0.05) is 12.6 Å². The molecule has 2 atom stereocenters. The Morgan fingerprint density at radius 3 is 3.07 bits per heavy atom. The highest BCUT2D eigenvalue weighted by molar-refractivity contribution is 5.74. The van der Waals surface area contributed by atoms with Gasteiger partial charge in [-0.1, -0.05) is 6.92 Å². The summed E-state index contributed by atoms with van der Waals surface area (Å²) in [5.74, 6) is 0. The van der Waals surface area contributed by atoms with Gasteiger partial charge in [-0.25, -0.2) is 4.79 Å². The fourth-order valence-electron chi connectivity index (χ4n) is 1.47. The number of carbonyl (C=O) groups is 1. The number of rotatable bonds is 4. The van der Waals surface area contributed by atoms with E-state index in [-0.39, 0.29) is 18.1 Å². The summed E-state index contributed by atoms with van der Waals surface area (Å²) in [6.45, 7) is 3.24. The smallest absolute Gasteiger partial charge is 0.315 e. The van der Waals surface area contributed by atoms with Crippen LogP contribution in [0.15, 0.2) is 0 Å². The van der Waals surface area contributed by atoms with Crippen LogP contribution in [0.2, 0.25) is 0 Å². The monoisotopic (exact) mass is 211 g/mol. The molecule has 0 aromatic rings. The first-order chi connectivity index (χ1) is 7.26. The van der Waals surface area contributed by atoms with Gasteiger partial charge in [-0.05, 0) is 12.8 Å². The average molecular weight is 211 g/mol. The summed E-state index contributed by atoms with van der Waals surface area (Å²) in [6, 6.07) is 1.91. The summed E-state index contributed by atoms with van der Waals surface area (Å²) < 4.78 is 5.14. The van der Waals surface area contributed by atoms with Crippen LogP contribution < -0.4 is 10.6 Å². The molecule has 2 N–H and O–H groups in total. The van der Waals surface area contributed by atoms with Gasteiger partial charge in [0.1, 0.15) is 0 Å². The van der Waals surface area contributed by atoms with Crippen molar-refractivity contribution in [3.63, 3.8) is 0 Å². The molecule has 0 spiro atoms. The predicted molar refractivity (Wildman–Crippen MR) is 55.2 cm³/mol. The highest BCUT2D eigenvalue weighted by atomic mass is 16.5. The first-order valence-electron chi connectivity index (χ1n) is 5.28. The minimum absolute atomic E-state index is 0.0580. The van der Waals surface area contributed by atoms with Gasteiger partial charge in [0.2, 0.25) is 0 Å². The van der Waals surface area contributed by atoms with Crippen LogP contribution in [0.3, 0.4) is 0 Å². The molecule has 1 aliphatic rings. The molecule has 1 saturated heterocycles.